The fraction of sp³-hybridized carbons (Fsp3) is 0.143. The predicted octanol–water partition coefficient (Wildman–Crippen LogP) is 4.30. The maximum absolute atomic E-state index is 11.3. The van der Waals surface area contributed by atoms with Crippen LogP contribution in [0.5, 0.6) is 5.75 Å². The van der Waals surface area contributed by atoms with Gasteiger partial charge >= 0.3 is 0 Å². The lowest BCUT2D eigenvalue weighted by Gasteiger charge is -2.08. The van der Waals surface area contributed by atoms with E-state index in [0.717, 1.165) is 45.1 Å². The molecule has 4 rings (SSSR count). The summed E-state index contributed by atoms with van der Waals surface area (Å²) < 4.78 is 5.90. The molecule has 0 radical (unpaired) electrons. The van der Waals surface area contributed by atoms with E-state index < -0.39 is 0 Å². The highest BCUT2D eigenvalue weighted by Gasteiger charge is 2.06. The number of nitrogens with zero attached hydrogens (tertiary/aromatic N) is 1. The molecule has 0 atom stereocenters. The van der Waals surface area contributed by atoms with Crippen molar-refractivity contribution >= 4 is 33.3 Å². The molecule has 2 N–H and O–H groups in total. The van der Waals surface area contributed by atoms with Crippen LogP contribution in [0.1, 0.15) is 12.5 Å². The molecule has 0 bridgehead atoms. The van der Waals surface area contributed by atoms with Crippen LogP contribution in [-0.4, -0.2) is 22.5 Å². The molecule has 0 spiro atoms. The van der Waals surface area contributed by atoms with Crippen LogP contribution >= 0.6 is 0 Å². The van der Waals surface area contributed by atoms with Crippen molar-refractivity contribution in [2.45, 2.75) is 13.3 Å². The number of nitrogens with one attached hydrogen (secondary N) is 2. The molecule has 0 unspecified atom stereocenters. The first kappa shape index (κ1) is 16.1. The van der Waals surface area contributed by atoms with Gasteiger partial charge in [-0.05, 0) is 41.3 Å². The molecule has 0 saturated carbocycles. The van der Waals surface area contributed by atoms with Gasteiger partial charge in [-0.2, -0.15) is 0 Å². The Labute approximate surface area is 151 Å². The molecular weight excluding hydrogens is 326 g/mol. The molecule has 2 aromatic heterocycles. The molecular formula is C21H19N3O2. The molecule has 0 fully saturated rings. The SMILES string of the molecule is CC(=O)Nc1c[nH]c2ccc(CCOc3ccc4ccncc4c3)cc12. The first-order valence-corrected chi connectivity index (χ1v) is 8.53. The quantitative estimate of drug-likeness (QED) is 0.567. The summed E-state index contributed by atoms with van der Waals surface area (Å²) in [5.41, 5.74) is 2.96. The number of aromatic nitrogens is 2. The number of amides is 1. The summed E-state index contributed by atoms with van der Waals surface area (Å²) >= 11 is 0. The molecule has 0 aliphatic rings. The maximum Gasteiger partial charge on any atom is 0.221 e. The molecule has 26 heavy (non-hydrogen) atoms. The van der Waals surface area contributed by atoms with Crippen LogP contribution in [-0.2, 0) is 11.2 Å². The van der Waals surface area contributed by atoms with E-state index in [1.807, 2.05) is 42.7 Å². The molecule has 5 heteroatoms. The number of rotatable bonds is 5. The second kappa shape index (κ2) is 6.88. The van der Waals surface area contributed by atoms with Crippen LogP contribution in [0, 0.1) is 0 Å². The van der Waals surface area contributed by atoms with Gasteiger partial charge in [0.1, 0.15) is 5.75 Å². The lowest BCUT2D eigenvalue weighted by atomic mass is 10.1. The highest BCUT2D eigenvalue weighted by molar-refractivity contribution is 6.01. The van der Waals surface area contributed by atoms with Crippen molar-refractivity contribution in [3.05, 3.63) is 66.6 Å². The van der Waals surface area contributed by atoms with Crippen LogP contribution < -0.4 is 10.1 Å². The van der Waals surface area contributed by atoms with Gasteiger partial charge in [-0.1, -0.05) is 12.1 Å². The Balaban J connectivity index is 1.45. The number of carbonyl (C=O) groups is 1. The van der Waals surface area contributed by atoms with Crippen LogP contribution in [0.3, 0.4) is 0 Å². The molecule has 5 nitrogen and oxygen atoms in total. The first-order valence-electron chi connectivity index (χ1n) is 8.53. The predicted molar refractivity (Wildman–Crippen MR) is 104 cm³/mol. The van der Waals surface area contributed by atoms with E-state index >= 15 is 0 Å². The Bertz CT molecular complexity index is 1080. The first-order chi connectivity index (χ1) is 12.7. The van der Waals surface area contributed by atoms with Gasteiger partial charge in [-0.15, -0.1) is 0 Å². The molecule has 2 heterocycles. The normalized spacial score (nSPS) is 11.0. The van der Waals surface area contributed by atoms with Gasteiger partial charge in [0, 0.05) is 48.2 Å². The Morgan fingerprint density at radius 2 is 2.08 bits per heavy atom. The summed E-state index contributed by atoms with van der Waals surface area (Å²) in [6.07, 6.45) is 6.22. The number of H-pyrrole nitrogens is 1. The van der Waals surface area contributed by atoms with Crippen molar-refractivity contribution in [2.75, 3.05) is 11.9 Å². The van der Waals surface area contributed by atoms with Crippen molar-refractivity contribution in [1.29, 1.82) is 0 Å². The number of pyridine rings is 1. The van der Waals surface area contributed by atoms with Gasteiger partial charge in [0.05, 0.1) is 12.3 Å². The number of hydrogen-bond donors (Lipinski definition) is 2. The topological polar surface area (TPSA) is 67.0 Å². The van der Waals surface area contributed by atoms with E-state index in [-0.39, 0.29) is 5.91 Å². The average molecular weight is 345 g/mol. The number of carbonyl (C=O) groups excluding carboxylic acids is 1. The zero-order valence-electron chi connectivity index (χ0n) is 14.5. The monoisotopic (exact) mass is 345 g/mol. The summed E-state index contributed by atoms with van der Waals surface area (Å²) in [7, 11) is 0. The number of ether oxygens (including phenoxy) is 1. The van der Waals surface area contributed by atoms with Crippen molar-refractivity contribution in [3.8, 4) is 5.75 Å². The second-order valence-corrected chi connectivity index (χ2v) is 6.25. The largest absolute Gasteiger partial charge is 0.493 e. The number of hydrogen-bond acceptors (Lipinski definition) is 3. The van der Waals surface area contributed by atoms with E-state index in [1.165, 1.54) is 6.92 Å². The van der Waals surface area contributed by atoms with Gasteiger partial charge in [0.25, 0.3) is 0 Å². The molecule has 4 aromatic rings. The number of aromatic amines is 1. The van der Waals surface area contributed by atoms with Crippen molar-refractivity contribution in [3.63, 3.8) is 0 Å². The summed E-state index contributed by atoms with van der Waals surface area (Å²) in [6, 6.07) is 14.2. The number of anilines is 1. The van der Waals surface area contributed by atoms with Gasteiger partial charge in [0.15, 0.2) is 0 Å². The van der Waals surface area contributed by atoms with E-state index in [4.69, 9.17) is 4.74 Å². The Kier molecular flexibility index (Phi) is 4.27. The summed E-state index contributed by atoms with van der Waals surface area (Å²) in [6.45, 7) is 2.09. The minimum absolute atomic E-state index is 0.0783. The lowest BCUT2D eigenvalue weighted by Crippen LogP contribution is -2.05. The third-order valence-corrected chi connectivity index (χ3v) is 4.33. The van der Waals surface area contributed by atoms with E-state index in [1.54, 1.807) is 6.20 Å². The molecule has 0 saturated heterocycles. The van der Waals surface area contributed by atoms with Gasteiger partial charge in [0.2, 0.25) is 5.91 Å². The van der Waals surface area contributed by atoms with Gasteiger partial charge < -0.3 is 15.0 Å². The molecule has 0 aliphatic carbocycles. The second-order valence-electron chi connectivity index (χ2n) is 6.25. The minimum atomic E-state index is -0.0783. The number of benzene rings is 2. The minimum Gasteiger partial charge on any atom is -0.493 e. The van der Waals surface area contributed by atoms with Crippen molar-refractivity contribution in [1.82, 2.24) is 9.97 Å². The van der Waals surface area contributed by atoms with E-state index in [0.29, 0.717) is 6.61 Å². The molecule has 0 aliphatic heterocycles. The van der Waals surface area contributed by atoms with Crippen molar-refractivity contribution in [2.24, 2.45) is 0 Å². The van der Waals surface area contributed by atoms with Crippen LogP contribution in [0.25, 0.3) is 21.7 Å². The third kappa shape index (κ3) is 3.37. The van der Waals surface area contributed by atoms with E-state index in [2.05, 4.69) is 27.4 Å². The lowest BCUT2D eigenvalue weighted by molar-refractivity contribution is -0.114. The fourth-order valence-electron chi connectivity index (χ4n) is 3.06. The summed E-state index contributed by atoms with van der Waals surface area (Å²) in [5, 5.41) is 6.07. The van der Waals surface area contributed by atoms with E-state index in [9.17, 15) is 4.79 Å². The zero-order chi connectivity index (χ0) is 17.9. The molecule has 1 amide bonds. The summed E-state index contributed by atoms with van der Waals surface area (Å²) in [5.74, 6) is 0.762. The van der Waals surface area contributed by atoms with Gasteiger partial charge in [-0.3, -0.25) is 9.78 Å². The Hall–Kier alpha value is -3.34. The Morgan fingerprint density at radius 3 is 2.96 bits per heavy atom. The summed E-state index contributed by atoms with van der Waals surface area (Å²) in [4.78, 5) is 18.6. The van der Waals surface area contributed by atoms with Gasteiger partial charge in [-0.25, -0.2) is 0 Å². The average Bonchev–Trinajstić information content (AvgIpc) is 3.03. The van der Waals surface area contributed by atoms with Crippen LogP contribution in [0.2, 0.25) is 0 Å². The fourth-order valence-corrected chi connectivity index (χ4v) is 3.06. The van der Waals surface area contributed by atoms with Crippen LogP contribution in [0.15, 0.2) is 61.1 Å². The third-order valence-electron chi connectivity index (χ3n) is 4.33. The molecule has 130 valence electrons. The maximum atomic E-state index is 11.3. The highest BCUT2D eigenvalue weighted by atomic mass is 16.5. The smallest absolute Gasteiger partial charge is 0.221 e. The zero-order valence-corrected chi connectivity index (χ0v) is 14.5. The standard InChI is InChI=1S/C21H19N3O2/c1-14(25)24-21-13-23-20-5-2-15(10-19(20)21)7-9-26-18-4-3-16-6-8-22-12-17(16)11-18/h2-6,8,10-13,23H,7,9H2,1H3,(H,24,25). The molecule has 2 aromatic carbocycles. The number of fused-ring (bicyclic) bond motifs is 2. The Morgan fingerprint density at radius 1 is 1.15 bits per heavy atom. The van der Waals surface area contributed by atoms with Crippen LogP contribution in [0.4, 0.5) is 5.69 Å². The highest BCUT2D eigenvalue weighted by Crippen LogP contribution is 2.25. The van der Waals surface area contributed by atoms with Crippen molar-refractivity contribution < 1.29 is 9.53 Å².